The Balaban J connectivity index is 3.63. The molecule has 0 saturated heterocycles. The van der Waals surface area contributed by atoms with Crippen molar-refractivity contribution < 1.29 is 4.43 Å². The predicted octanol–water partition coefficient (Wildman–Crippen LogP) is 7.81. The molecule has 0 spiro atoms. The predicted molar refractivity (Wildman–Crippen MR) is 112 cm³/mol. The zero-order chi connectivity index (χ0) is 18.3. The van der Waals surface area contributed by atoms with Crippen molar-refractivity contribution in [3.8, 4) is 0 Å². The van der Waals surface area contributed by atoms with Gasteiger partial charge in [0.05, 0.1) is 0 Å². The van der Waals surface area contributed by atoms with Crippen LogP contribution in [0.3, 0.4) is 0 Å². The van der Waals surface area contributed by atoms with Gasteiger partial charge in [-0.25, -0.2) is 0 Å². The van der Waals surface area contributed by atoms with Crippen molar-refractivity contribution in [3.05, 3.63) is 30.0 Å². The molecule has 140 valence electrons. The summed E-state index contributed by atoms with van der Waals surface area (Å²) >= 11 is 0. The van der Waals surface area contributed by atoms with E-state index in [9.17, 15) is 0 Å². The summed E-state index contributed by atoms with van der Waals surface area (Å²) in [6, 6.07) is 0. The van der Waals surface area contributed by atoms with E-state index in [0.717, 1.165) is 19.4 Å². The van der Waals surface area contributed by atoms with Gasteiger partial charge in [-0.1, -0.05) is 72.0 Å². The molecule has 0 fully saturated rings. The average molecular weight is 351 g/mol. The van der Waals surface area contributed by atoms with Crippen LogP contribution in [0.1, 0.15) is 85.5 Å². The topological polar surface area (TPSA) is 9.23 Å². The second kappa shape index (κ2) is 13.7. The Morgan fingerprint density at radius 2 is 1.54 bits per heavy atom. The Labute approximate surface area is 153 Å². The maximum atomic E-state index is 6.14. The summed E-state index contributed by atoms with van der Waals surface area (Å²) in [5, 5.41) is 0.299. The molecule has 0 aliphatic carbocycles. The van der Waals surface area contributed by atoms with Crippen LogP contribution in [0.2, 0.25) is 18.1 Å². The van der Waals surface area contributed by atoms with E-state index >= 15 is 0 Å². The van der Waals surface area contributed by atoms with Crippen molar-refractivity contribution in [1.82, 2.24) is 0 Å². The Kier molecular flexibility index (Phi) is 13.4. The second-order valence-corrected chi connectivity index (χ2v) is 13.0. The van der Waals surface area contributed by atoms with Crippen molar-refractivity contribution in [2.45, 2.75) is 104 Å². The highest BCUT2D eigenvalue weighted by Crippen LogP contribution is 2.36. The van der Waals surface area contributed by atoms with Crippen molar-refractivity contribution >= 4 is 8.32 Å². The molecular formula is C22H42OSi. The zero-order valence-corrected chi connectivity index (χ0v) is 18.3. The van der Waals surface area contributed by atoms with Crippen LogP contribution < -0.4 is 0 Å². The minimum atomic E-state index is -1.58. The largest absolute Gasteiger partial charge is 0.416 e. The molecular weight excluding hydrogens is 308 g/mol. The van der Waals surface area contributed by atoms with Gasteiger partial charge < -0.3 is 4.43 Å². The van der Waals surface area contributed by atoms with Gasteiger partial charge in [0, 0.05) is 6.61 Å². The first-order chi connectivity index (χ1) is 11.3. The lowest BCUT2D eigenvalue weighted by molar-refractivity contribution is 0.294. The third-order valence-electron chi connectivity index (χ3n) is 4.91. The normalized spacial score (nSPS) is 12.4. The minimum Gasteiger partial charge on any atom is -0.416 e. The van der Waals surface area contributed by atoms with Gasteiger partial charge in [-0.3, -0.25) is 0 Å². The van der Waals surface area contributed by atoms with E-state index in [4.69, 9.17) is 4.43 Å². The quantitative estimate of drug-likeness (QED) is 0.142. The van der Waals surface area contributed by atoms with Gasteiger partial charge in [0.25, 0.3) is 0 Å². The fourth-order valence-electron chi connectivity index (χ4n) is 2.15. The fraction of sp³-hybridized carbons (Fsp3) is 0.773. The van der Waals surface area contributed by atoms with Crippen LogP contribution in [0.15, 0.2) is 30.0 Å². The summed E-state index contributed by atoms with van der Waals surface area (Å²) in [7, 11) is -1.58. The molecule has 0 bridgehead atoms. The average Bonchev–Trinajstić information content (AvgIpc) is 2.50. The third-order valence-corrected chi connectivity index (χ3v) is 9.45. The van der Waals surface area contributed by atoms with Crippen molar-refractivity contribution in [3.63, 3.8) is 0 Å². The molecule has 0 amide bonds. The Morgan fingerprint density at radius 1 is 0.875 bits per heavy atom. The molecule has 0 saturated carbocycles. The van der Waals surface area contributed by atoms with E-state index in [0.29, 0.717) is 5.04 Å². The molecule has 0 atom stereocenters. The van der Waals surface area contributed by atoms with Crippen LogP contribution in [-0.2, 0) is 4.43 Å². The summed E-state index contributed by atoms with van der Waals surface area (Å²) in [6.07, 6.45) is 20.3. The van der Waals surface area contributed by atoms with Gasteiger partial charge in [0.2, 0.25) is 0 Å². The SMILES string of the molecule is CCCCCCCCC=CCC=C=CCCO[Si](C)(C)C(C)(C)C. The molecule has 0 aliphatic heterocycles. The van der Waals surface area contributed by atoms with E-state index in [1.54, 1.807) is 0 Å². The monoisotopic (exact) mass is 350 g/mol. The van der Waals surface area contributed by atoms with E-state index < -0.39 is 8.32 Å². The molecule has 0 N–H and O–H groups in total. The third kappa shape index (κ3) is 12.8. The summed E-state index contributed by atoms with van der Waals surface area (Å²) in [4.78, 5) is 0. The van der Waals surface area contributed by atoms with E-state index in [1.165, 1.54) is 44.9 Å². The number of hydrogen-bond donors (Lipinski definition) is 0. The summed E-state index contributed by atoms with van der Waals surface area (Å²) < 4.78 is 6.14. The Bertz CT molecular complexity index is 381. The van der Waals surface area contributed by atoms with Crippen LogP contribution >= 0.6 is 0 Å². The summed E-state index contributed by atoms with van der Waals surface area (Å²) in [5.74, 6) is 0. The second-order valence-electron chi connectivity index (χ2n) is 8.24. The number of allylic oxidation sites excluding steroid dienone is 2. The lowest BCUT2D eigenvalue weighted by atomic mass is 10.1. The minimum absolute atomic E-state index is 0.299. The molecule has 1 nitrogen and oxygen atoms in total. The van der Waals surface area contributed by atoms with E-state index in [2.05, 4.69) is 70.8 Å². The standard InChI is InChI=1S/C22H42OSi/c1-7-8-9-10-11-12-13-14-15-16-17-18-19-20-21-23-24(5,6)22(2,3)4/h14-15,17,19H,7-13,16,20-21H2,1-6H3. The van der Waals surface area contributed by atoms with Crippen LogP contribution in [0.25, 0.3) is 0 Å². The molecule has 0 aromatic heterocycles. The molecule has 0 aliphatic rings. The lowest BCUT2D eigenvalue weighted by Crippen LogP contribution is -2.40. The smallest absolute Gasteiger partial charge is 0.191 e. The molecule has 0 rings (SSSR count). The Hall–Kier alpha value is -0.563. The molecule has 0 radical (unpaired) electrons. The van der Waals surface area contributed by atoms with Crippen molar-refractivity contribution in [1.29, 1.82) is 0 Å². The van der Waals surface area contributed by atoms with Gasteiger partial charge in [-0.05, 0) is 56.0 Å². The van der Waals surface area contributed by atoms with Crippen LogP contribution in [0, 0.1) is 0 Å². The molecule has 24 heavy (non-hydrogen) atoms. The van der Waals surface area contributed by atoms with Gasteiger partial charge in [0.1, 0.15) is 0 Å². The van der Waals surface area contributed by atoms with Gasteiger partial charge in [-0.15, -0.1) is 5.73 Å². The van der Waals surface area contributed by atoms with Gasteiger partial charge >= 0.3 is 0 Å². The van der Waals surface area contributed by atoms with Crippen LogP contribution in [-0.4, -0.2) is 14.9 Å². The zero-order valence-electron chi connectivity index (χ0n) is 17.3. The molecule has 2 heteroatoms. The first-order valence-electron chi connectivity index (χ1n) is 9.99. The first-order valence-corrected chi connectivity index (χ1v) is 12.9. The van der Waals surface area contributed by atoms with Crippen LogP contribution in [0.4, 0.5) is 0 Å². The first kappa shape index (κ1) is 23.4. The number of rotatable bonds is 13. The maximum absolute atomic E-state index is 6.14. The highest BCUT2D eigenvalue weighted by molar-refractivity contribution is 6.74. The number of hydrogen-bond acceptors (Lipinski definition) is 1. The molecule has 0 unspecified atom stereocenters. The van der Waals surface area contributed by atoms with E-state index in [-0.39, 0.29) is 0 Å². The maximum Gasteiger partial charge on any atom is 0.191 e. The summed E-state index contributed by atoms with van der Waals surface area (Å²) in [6.45, 7) is 14.6. The molecule has 0 heterocycles. The molecule has 0 aromatic carbocycles. The highest BCUT2D eigenvalue weighted by atomic mass is 28.4. The lowest BCUT2D eigenvalue weighted by Gasteiger charge is -2.36. The summed E-state index contributed by atoms with van der Waals surface area (Å²) in [5.41, 5.74) is 3.27. The van der Waals surface area contributed by atoms with E-state index in [1.807, 2.05) is 0 Å². The Morgan fingerprint density at radius 3 is 2.21 bits per heavy atom. The van der Waals surface area contributed by atoms with Crippen molar-refractivity contribution in [2.24, 2.45) is 0 Å². The number of unbranched alkanes of at least 4 members (excludes halogenated alkanes) is 6. The molecule has 0 aromatic rings. The van der Waals surface area contributed by atoms with Gasteiger partial charge in [-0.2, -0.15) is 0 Å². The van der Waals surface area contributed by atoms with Crippen molar-refractivity contribution in [2.75, 3.05) is 6.61 Å². The van der Waals surface area contributed by atoms with Gasteiger partial charge in [0.15, 0.2) is 8.32 Å². The fourth-order valence-corrected chi connectivity index (χ4v) is 3.21. The highest BCUT2D eigenvalue weighted by Gasteiger charge is 2.36. The van der Waals surface area contributed by atoms with Crippen LogP contribution in [0.5, 0.6) is 0 Å².